The Morgan fingerprint density at radius 2 is 1.85 bits per heavy atom. The molecular weight excluding hydrogens is 338 g/mol. The summed E-state index contributed by atoms with van der Waals surface area (Å²) in [4.78, 5) is 12.4. The van der Waals surface area contributed by atoms with Crippen LogP contribution in [0, 0.1) is 13.8 Å². The molecule has 2 heterocycles. The van der Waals surface area contributed by atoms with Gasteiger partial charge < -0.3 is 5.32 Å². The van der Waals surface area contributed by atoms with Crippen molar-refractivity contribution in [2.45, 2.75) is 20.3 Å². The van der Waals surface area contributed by atoms with Crippen molar-refractivity contribution in [1.82, 2.24) is 19.8 Å². The van der Waals surface area contributed by atoms with Crippen LogP contribution in [-0.4, -0.2) is 25.7 Å². The average Bonchev–Trinajstić information content (AvgIpc) is 3.02. The third kappa shape index (κ3) is 3.69. The first-order valence-electron chi connectivity index (χ1n) is 8.73. The molecule has 0 aliphatic rings. The number of anilines is 1. The summed E-state index contributed by atoms with van der Waals surface area (Å²) in [5.41, 5.74) is 5.30. The van der Waals surface area contributed by atoms with Crippen LogP contribution in [0.15, 0.2) is 60.7 Å². The van der Waals surface area contributed by atoms with Crippen molar-refractivity contribution in [3.63, 3.8) is 0 Å². The normalized spacial score (nSPS) is 10.9. The Balaban J connectivity index is 1.54. The van der Waals surface area contributed by atoms with Gasteiger partial charge in [0.15, 0.2) is 11.5 Å². The van der Waals surface area contributed by atoms with Crippen LogP contribution in [0.5, 0.6) is 0 Å². The second-order valence-electron chi connectivity index (χ2n) is 6.53. The number of nitrogens with one attached hydrogen (secondary N) is 1. The molecule has 1 amide bonds. The lowest BCUT2D eigenvalue weighted by molar-refractivity contribution is -0.115. The van der Waals surface area contributed by atoms with Crippen molar-refractivity contribution in [1.29, 1.82) is 0 Å². The van der Waals surface area contributed by atoms with Crippen LogP contribution in [-0.2, 0) is 11.2 Å². The molecule has 6 nitrogen and oxygen atoms in total. The van der Waals surface area contributed by atoms with Gasteiger partial charge in [-0.2, -0.15) is 9.61 Å². The largest absolute Gasteiger partial charge is 0.326 e. The topological polar surface area (TPSA) is 72.2 Å². The lowest BCUT2D eigenvalue weighted by atomic mass is 10.1. The van der Waals surface area contributed by atoms with E-state index < -0.39 is 0 Å². The molecule has 2 aromatic heterocycles. The molecule has 0 bridgehead atoms. The van der Waals surface area contributed by atoms with Gasteiger partial charge in [0.05, 0.1) is 12.1 Å². The Kier molecular flexibility index (Phi) is 4.38. The molecule has 0 radical (unpaired) electrons. The van der Waals surface area contributed by atoms with Crippen LogP contribution >= 0.6 is 0 Å². The first-order chi connectivity index (χ1) is 13.1. The average molecular weight is 357 g/mol. The zero-order valence-corrected chi connectivity index (χ0v) is 15.2. The van der Waals surface area contributed by atoms with Crippen LogP contribution in [0.4, 0.5) is 5.69 Å². The van der Waals surface area contributed by atoms with Gasteiger partial charge in [-0.1, -0.05) is 42.0 Å². The first kappa shape index (κ1) is 16.9. The number of aryl methyl sites for hydroxylation is 2. The highest BCUT2D eigenvalue weighted by atomic mass is 16.1. The van der Waals surface area contributed by atoms with E-state index in [4.69, 9.17) is 0 Å². The van der Waals surface area contributed by atoms with Crippen molar-refractivity contribution in [3.05, 3.63) is 77.6 Å². The van der Waals surface area contributed by atoms with Crippen LogP contribution in [0.3, 0.4) is 0 Å². The highest BCUT2D eigenvalue weighted by molar-refractivity contribution is 5.92. The van der Waals surface area contributed by atoms with Crippen molar-refractivity contribution >= 4 is 17.2 Å². The number of hydrogen-bond acceptors (Lipinski definition) is 4. The lowest BCUT2D eigenvalue weighted by Gasteiger charge is -2.08. The van der Waals surface area contributed by atoms with E-state index in [0.717, 1.165) is 33.9 Å². The summed E-state index contributed by atoms with van der Waals surface area (Å²) in [6.07, 6.45) is 0.343. The molecule has 0 atom stereocenters. The fraction of sp³-hybridized carbons (Fsp3) is 0.143. The summed E-state index contributed by atoms with van der Waals surface area (Å²) >= 11 is 0. The summed E-state index contributed by atoms with van der Waals surface area (Å²) < 4.78 is 1.71. The number of carbonyl (C=O) groups is 1. The van der Waals surface area contributed by atoms with Crippen LogP contribution in [0.1, 0.15) is 17.0 Å². The van der Waals surface area contributed by atoms with Gasteiger partial charge in [-0.05, 0) is 43.7 Å². The zero-order chi connectivity index (χ0) is 18.8. The second kappa shape index (κ2) is 6.99. The number of aromatic nitrogens is 4. The maximum absolute atomic E-state index is 12.4. The molecule has 27 heavy (non-hydrogen) atoms. The molecule has 134 valence electrons. The summed E-state index contributed by atoms with van der Waals surface area (Å²) in [5.74, 6) is 0.685. The molecule has 0 aliphatic carbocycles. The predicted octanol–water partition coefficient (Wildman–Crippen LogP) is 3.59. The van der Waals surface area contributed by atoms with Gasteiger partial charge in [-0.15, -0.1) is 10.2 Å². The molecule has 4 aromatic rings. The van der Waals surface area contributed by atoms with Gasteiger partial charge >= 0.3 is 0 Å². The number of benzene rings is 2. The van der Waals surface area contributed by atoms with Crippen molar-refractivity contribution in [3.8, 4) is 11.3 Å². The minimum Gasteiger partial charge on any atom is -0.326 e. The maximum Gasteiger partial charge on any atom is 0.228 e. The van der Waals surface area contributed by atoms with E-state index in [0.29, 0.717) is 12.1 Å². The Hall–Kier alpha value is -3.54. The smallest absolute Gasteiger partial charge is 0.228 e. The van der Waals surface area contributed by atoms with E-state index in [9.17, 15) is 4.79 Å². The van der Waals surface area contributed by atoms with E-state index >= 15 is 0 Å². The predicted molar refractivity (Wildman–Crippen MR) is 104 cm³/mol. The molecular formula is C21H19N5O. The number of nitrogens with zero attached hydrogens (tertiary/aromatic N) is 4. The van der Waals surface area contributed by atoms with Crippen LogP contribution in [0.2, 0.25) is 0 Å². The molecule has 4 rings (SSSR count). The third-order valence-electron chi connectivity index (χ3n) is 4.31. The van der Waals surface area contributed by atoms with Gasteiger partial charge in [-0.25, -0.2) is 0 Å². The van der Waals surface area contributed by atoms with E-state index in [2.05, 4.69) is 20.6 Å². The minimum absolute atomic E-state index is 0.0455. The first-order valence-corrected chi connectivity index (χ1v) is 8.73. The number of carbonyl (C=O) groups excluding carboxylic acids is 1. The molecule has 2 aromatic carbocycles. The van der Waals surface area contributed by atoms with Crippen molar-refractivity contribution < 1.29 is 4.79 Å². The lowest BCUT2D eigenvalue weighted by Crippen LogP contribution is -2.14. The third-order valence-corrected chi connectivity index (χ3v) is 4.31. The van der Waals surface area contributed by atoms with E-state index in [-0.39, 0.29) is 5.91 Å². The van der Waals surface area contributed by atoms with Gasteiger partial charge in [-0.3, -0.25) is 4.79 Å². The van der Waals surface area contributed by atoms with Gasteiger partial charge in [0.1, 0.15) is 0 Å². The number of fused-ring (bicyclic) bond motifs is 1. The molecule has 0 saturated heterocycles. The van der Waals surface area contributed by atoms with Gasteiger partial charge in [0, 0.05) is 11.3 Å². The Morgan fingerprint density at radius 1 is 1.00 bits per heavy atom. The summed E-state index contributed by atoms with van der Waals surface area (Å²) in [6.45, 7) is 3.88. The molecule has 0 fully saturated rings. The number of amides is 1. The van der Waals surface area contributed by atoms with Crippen molar-refractivity contribution in [2.24, 2.45) is 0 Å². The standard InChI is InChI=1S/C21H19N5O/c1-14-5-3-6-16(11-14)12-21(27)22-18-8-4-7-17(13-18)19-9-10-20-24-23-15(2)26(20)25-19/h3-11,13H,12H2,1-2H3,(H,22,27). The van der Waals surface area contributed by atoms with E-state index in [1.807, 2.05) is 74.5 Å². The van der Waals surface area contributed by atoms with Gasteiger partial charge in [0.2, 0.25) is 5.91 Å². The van der Waals surface area contributed by atoms with Crippen LogP contribution < -0.4 is 5.32 Å². The molecule has 0 spiro atoms. The second-order valence-corrected chi connectivity index (χ2v) is 6.53. The summed E-state index contributed by atoms with van der Waals surface area (Å²) in [6, 6.07) is 19.4. The maximum atomic E-state index is 12.4. The van der Waals surface area contributed by atoms with Crippen LogP contribution in [0.25, 0.3) is 16.9 Å². The molecule has 0 unspecified atom stereocenters. The Bertz CT molecular complexity index is 1130. The number of hydrogen-bond donors (Lipinski definition) is 1. The Labute approximate surface area is 156 Å². The zero-order valence-electron chi connectivity index (χ0n) is 15.2. The monoisotopic (exact) mass is 357 g/mol. The summed E-state index contributed by atoms with van der Waals surface area (Å²) in [7, 11) is 0. The molecule has 1 N–H and O–H groups in total. The van der Waals surface area contributed by atoms with E-state index in [1.54, 1.807) is 4.52 Å². The molecule has 0 saturated carbocycles. The quantitative estimate of drug-likeness (QED) is 0.606. The highest BCUT2D eigenvalue weighted by Crippen LogP contribution is 2.21. The Morgan fingerprint density at radius 3 is 2.70 bits per heavy atom. The van der Waals surface area contributed by atoms with Gasteiger partial charge in [0.25, 0.3) is 0 Å². The molecule has 0 aliphatic heterocycles. The fourth-order valence-corrected chi connectivity index (χ4v) is 3.02. The summed E-state index contributed by atoms with van der Waals surface area (Å²) in [5, 5.41) is 15.6. The SMILES string of the molecule is Cc1cccc(CC(=O)Nc2cccc(-c3ccc4nnc(C)n4n3)c2)c1. The molecule has 6 heteroatoms. The fourth-order valence-electron chi connectivity index (χ4n) is 3.02. The number of rotatable bonds is 4. The highest BCUT2D eigenvalue weighted by Gasteiger charge is 2.08. The van der Waals surface area contributed by atoms with E-state index in [1.165, 1.54) is 0 Å². The minimum atomic E-state index is -0.0455. The van der Waals surface area contributed by atoms with Crippen molar-refractivity contribution in [2.75, 3.05) is 5.32 Å².